The molecule has 0 bridgehead atoms. The van der Waals surface area contributed by atoms with Crippen molar-refractivity contribution in [2.45, 2.75) is 31.3 Å². The maximum Gasteiger partial charge on any atom is 0.235 e. The molecule has 154 valence electrons. The van der Waals surface area contributed by atoms with Gasteiger partial charge in [-0.3, -0.25) is 4.79 Å². The average molecular weight is 458 g/mol. The molecule has 6 nitrogen and oxygen atoms in total. The summed E-state index contributed by atoms with van der Waals surface area (Å²) in [6.45, 7) is 2.22. The standard InChI is InChI=1S/C21H20ClN5OS2/c1-12-6-7-15-16(10-23)20(30-17(15)8-12)24-18(28)11-29-21-26-25-19(27(21)2)13-4-3-5-14(22)9-13/h3-5,9,12H,6-8,11H2,1-2H3,(H,24,28). The molecule has 1 aliphatic rings. The first-order valence-corrected chi connectivity index (χ1v) is 11.8. The van der Waals surface area contributed by atoms with Crippen molar-refractivity contribution in [3.8, 4) is 17.5 Å². The van der Waals surface area contributed by atoms with Gasteiger partial charge in [-0.25, -0.2) is 0 Å². The predicted octanol–water partition coefficient (Wildman–Crippen LogP) is 4.92. The molecule has 0 saturated heterocycles. The number of halogens is 1. The Morgan fingerprint density at radius 1 is 1.47 bits per heavy atom. The van der Waals surface area contributed by atoms with E-state index in [1.54, 1.807) is 6.07 Å². The number of carbonyl (C=O) groups is 1. The van der Waals surface area contributed by atoms with E-state index in [1.807, 2.05) is 29.8 Å². The molecule has 4 rings (SSSR count). The lowest BCUT2D eigenvalue weighted by Crippen LogP contribution is -2.14. The molecular formula is C21H20ClN5OS2. The molecule has 0 radical (unpaired) electrons. The number of hydrogen-bond acceptors (Lipinski definition) is 6. The lowest BCUT2D eigenvalue weighted by atomic mass is 9.89. The van der Waals surface area contributed by atoms with Crippen molar-refractivity contribution in [3.05, 3.63) is 45.3 Å². The fourth-order valence-electron chi connectivity index (χ4n) is 3.57. The van der Waals surface area contributed by atoms with Crippen molar-refractivity contribution in [3.63, 3.8) is 0 Å². The number of fused-ring (bicyclic) bond motifs is 1. The highest BCUT2D eigenvalue weighted by atomic mass is 35.5. The van der Waals surface area contributed by atoms with Crippen molar-refractivity contribution in [1.82, 2.24) is 14.8 Å². The van der Waals surface area contributed by atoms with Gasteiger partial charge in [-0.15, -0.1) is 21.5 Å². The Balaban J connectivity index is 1.44. The molecule has 3 aromatic rings. The van der Waals surface area contributed by atoms with Gasteiger partial charge in [0.15, 0.2) is 11.0 Å². The molecule has 0 spiro atoms. The summed E-state index contributed by atoms with van der Waals surface area (Å²) in [6.07, 6.45) is 2.97. The normalized spacial score (nSPS) is 15.5. The SMILES string of the molecule is CC1CCc2c(sc(NC(=O)CSc3nnc(-c4cccc(Cl)c4)n3C)c2C#N)C1. The fraction of sp³-hybridized carbons (Fsp3) is 0.333. The topological polar surface area (TPSA) is 83.6 Å². The van der Waals surface area contributed by atoms with E-state index in [0.29, 0.717) is 32.5 Å². The van der Waals surface area contributed by atoms with E-state index in [2.05, 4.69) is 28.5 Å². The van der Waals surface area contributed by atoms with Gasteiger partial charge < -0.3 is 9.88 Å². The third-order valence-electron chi connectivity index (χ3n) is 5.13. The Morgan fingerprint density at radius 3 is 3.07 bits per heavy atom. The molecule has 30 heavy (non-hydrogen) atoms. The van der Waals surface area contributed by atoms with E-state index in [9.17, 15) is 10.1 Å². The monoisotopic (exact) mass is 457 g/mol. The highest BCUT2D eigenvalue weighted by Crippen LogP contribution is 2.39. The summed E-state index contributed by atoms with van der Waals surface area (Å²) >= 11 is 8.91. The quantitative estimate of drug-likeness (QED) is 0.549. The number of thioether (sulfide) groups is 1. The van der Waals surface area contributed by atoms with E-state index in [-0.39, 0.29) is 11.7 Å². The molecular weight excluding hydrogens is 438 g/mol. The zero-order chi connectivity index (χ0) is 21.3. The highest BCUT2D eigenvalue weighted by molar-refractivity contribution is 7.99. The number of nitrogens with zero attached hydrogens (tertiary/aromatic N) is 4. The first kappa shape index (κ1) is 20.9. The minimum atomic E-state index is -0.157. The number of nitriles is 1. The van der Waals surface area contributed by atoms with Gasteiger partial charge in [0.25, 0.3) is 0 Å². The number of aromatic nitrogens is 3. The highest BCUT2D eigenvalue weighted by Gasteiger charge is 2.24. The van der Waals surface area contributed by atoms with Crippen molar-refractivity contribution < 1.29 is 4.79 Å². The molecule has 9 heteroatoms. The number of anilines is 1. The van der Waals surface area contributed by atoms with Gasteiger partial charge >= 0.3 is 0 Å². The summed E-state index contributed by atoms with van der Waals surface area (Å²) in [7, 11) is 1.86. The van der Waals surface area contributed by atoms with Gasteiger partial charge in [0, 0.05) is 22.5 Å². The van der Waals surface area contributed by atoms with Crippen LogP contribution in [0.5, 0.6) is 0 Å². The van der Waals surface area contributed by atoms with E-state index in [0.717, 1.165) is 30.4 Å². The zero-order valence-corrected chi connectivity index (χ0v) is 19.0. The number of rotatable bonds is 5. The summed E-state index contributed by atoms with van der Waals surface area (Å²) < 4.78 is 1.84. The van der Waals surface area contributed by atoms with Gasteiger partial charge in [0.05, 0.1) is 11.3 Å². The minimum Gasteiger partial charge on any atom is -0.316 e. The third kappa shape index (κ3) is 4.24. The van der Waals surface area contributed by atoms with Crippen LogP contribution >= 0.6 is 34.7 Å². The first-order valence-electron chi connectivity index (χ1n) is 9.59. The lowest BCUT2D eigenvalue weighted by molar-refractivity contribution is -0.113. The number of benzene rings is 1. The van der Waals surface area contributed by atoms with Crippen LogP contribution < -0.4 is 5.32 Å². The molecule has 1 aromatic carbocycles. The van der Waals surface area contributed by atoms with E-state index >= 15 is 0 Å². The molecule has 2 aromatic heterocycles. The molecule has 1 atom stereocenters. The second-order valence-corrected chi connectivity index (χ2v) is 9.86. The Labute approximate surface area is 188 Å². The number of nitrogens with one attached hydrogen (secondary N) is 1. The molecule has 2 heterocycles. The number of hydrogen-bond donors (Lipinski definition) is 1. The molecule has 1 N–H and O–H groups in total. The van der Waals surface area contributed by atoms with Crippen LogP contribution in [0.4, 0.5) is 5.00 Å². The number of thiophene rings is 1. The Kier molecular flexibility index (Phi) is 6.14. The van der Waals surface area contributed by atoms with Crippen molar-refractivity contribution in [1.29, 1.82) is 5.26 Å². The van der Waals surface area contributed by atoms with Crippen LogP contribution in [0.15, 0.2) is 29.4 Å². The number of amides is 1. The van der Waals surface area contributed by atoms with Crippen LogP contribution in [0.2, 0.25) is 5.02 Å². The minimum absolute atomic E-state index is 0.157. The van der Waals surface area contributed by atoms with Crippen LogP contribution in [0.3, 0.4) is 0 Å². The van der Waals surface area contributed by atoms with Crippen LogP contribution in [-0.4, -0.2) is 26.4 Å². The largest absolute Gasteiger partial charge is 0.316 e. The molecule has 0 saturated carbocycles. The van der Waals surface area contributed by atoms with Gasteiger partial charge in [0.2, 0.25) is 5.91 Å². The summed E-state index contributed by atoms with van der Waals surface area (Å²) in [4.78, 5) is 13.8. The second-order valence-electron chi connectivity index (χ2n) is 7.38. The molecule has 1 amide bonds. The van der Waals surface area contributed by atoms with E-state index in [1.165, 1.54) is 28.0 Å². The van der Waals surface area contributed by atoms with Crippen molar-refractivity contribution in [2.75, 3.05) is 11.1 Å². The van der Waals surface area contributed by atoms with Crippen LogP contribution in [0, 0.1) is 17.2 Å². The zero-order valence-electron chi connectivity index (χ0n) is 16.6. The Bertz CT molecular complexity index is 1150. The van der Waals surface area contributed by atoms with Crippen LogP contribution in [0.25, 0.3) is 11.4 Å². The third-order valence-corrected chi connectivity index (χ3v) is 7.55. The van der Waals surface area contributed by atoms with Gasteiger partial charge in [-0.2, -0.15) is 5.26 Å². The smallest absolute Gasteiger partial charge is 0.235 e. The predicted molar refractivity (Wildman–Crippen MR) is 121 cm³/mol. The summed E-state index contributed by atoms with van der Waals surface area (Å²) in [5.74, 6) is 1.33. The fourth-order valence-corrected chi connectivity index (χ4v) is 5.85. The van der Waals surface area contributed by atoms with Gasteiger partial charge in [-0.1, -0.05) is 42.4 Å². The van der Waals surface area contributed by atoms with Crippen molar-refractivity contribution >= 4 is 45.6 Å². The second kappa shape index (κ2) is 8.80. The maximum atomic E-state index is 12.6. The summed E-state index contributed by atoms with van der Waals surface area (Å²) in [5, 5.41) is 22.9. The van der Waals surface area contributed by atoms with E-state index < -0.39 is 0 Å². The van der Waals surface area contributed by atoms with Crippen LogP contribution in [-0.2, 0) is 24.7 Å². The molecule has 1 unspecified atom stereocenters. The molecule has 0 aliphatic heterocycles. The van der Waals surface area contributed by atoms with Gasteiger partial charge in [0.1, 0.15) is 11.1 Å². The average Bonchev–Trinajstić information content (AvgIpc) is 3.25. The molecule has 1 aliphatic carbocycles. The van der Waals surface area contributed by atoms with E-state index in [4.69, 9.17) is 11.6 Å². The van der Waals surface area contributed by atoms with Gasteiger partial charge in [-0.05, 0) is 42.9 Å². The summed E-state index contributed by atoms with van der Waals surface area (Å²) in [5.41, 5.74) is 2.61. The first-order chi connectivity index (χ1) is 14.5. The Morgan fingerprint density at radius 2 is 2.30 bits per heavy atom. The molecule has 0 fully saturated rings. The van der Waals surface area contributed by atoms with Crippen molar-refractivity contribution in [2.24, 2.45) is 13.0 Å². The summed E-state index contributed by atoms with van der Waals surface area (Å²) in [6, 6.07) is 9.70. The Hall–Kier alpha value is -2.34. The lowest BCUT2D eigenvalue weighted by Gasteiger charge is -2.17. The van der Waals surface area contributed by atoms with Crippen LogP contribution in [0.1, 0.15) is 29.3 Å². The maximum absolute atomic E-state index is 12.6. The number of carbonyl (C=O) groups excluding carboxylic acids is 1.